The van der Waals surface area contributed by atoms with Crippen LogP contribution in [0.5, 0.6) is 0 Å². The van der Waals surface area contributed by atoms with Crippen LogP contribution in [0.15, 0.2) is 171 Å². The quantitative estimate of drug-likeness (QED) is 0.133. The molecule has 0 unspecified atom stereocenters. The van der Waals surface area contributed by atoms with E-state index in [1.807, 2.05) is 94.5 Å². The van der Waals surface area contributed by atoms with Crippen LogP contribution in [0.25, 0.3) is 39.3 Å². The number of benzene rings is 3. The number of aromatic amines is 1. The maximum atomic E-state index is 6.00. The minimum absolute atomic E-state index is 0.744. The molecule has 5 rings (SSSR count). The number of anilines is 1. The topological polar surface area (TPSA) is 41.8 Å². The van der Waals surface area contributed by atoms with Gasteiger partial charge in [0.2, 0.25) is 0 Å². The van der Waals surface area contributed by atoms with E-state index in [-0.39, 0.29) is 0 Å². The van der Waals surface area contributed by atoms with Crippen LogP contribution in [-0.2, 0) is 6.42 Å². The number of nitrogen functional groups attached to an aromatic ring is 1. The summed E-state index contributed by atoms with van der Waals surface area (Å²) in [4.78, 5) is 3.57. The molecule has 0 amide bonds. The molecule has 3 N–H and O–H groups in total. The Morgan fingerprint density at radius 3 is 2.25 bits per heavy atom. The van der Waals surface area contributed by atoms with Crippen LogP contribution in [0.2, 0.25) is 0 Å². The highest BCUT2D eigenvalue weighted by atomic mass is 14.7. The molecular formula is C46H50N2. The van der Waals surface area contributed by atoms with Gasteiger partial charge in [-0.2, -0.15) is 0 Å². The fourth-order valence-corrected chi connectivity index (χ4v) is 5.37. The minimum Gasteiger partial charge on any atom is -0.399 e. The molecule has 1 heterocycles. The van der Waals surface area contributed by atoms with Gasteiger partial charge in [-0.3, -0.25) is 0 Å². The SMILES string of the molecule is C=C(/C=C\C=C/C)C(=C)/C=C(\C=C/C)c1ccc2[nH]c3c(c2c1)C=CCC3.C=C/C=C(\C=C)c1cc(N)cc(-c2ccccc2)c1.CC. The Labute approximate surface area is 288 Å². The molecule has 4 aromatic rings. The summed E-state index contributed by atoms with van der Waals surface area (Å²) in [6.07, 6.45) is 26.5. The molecule has 0 radical (unpaired) electrons. The maximum Gasteiger partial charge on any atom is 0.0462 e. The molecule has 0 fully saturated rings. The van der Waals surface area contributed by atoms with Gasteiger partial charge in [0.25, 0.3) is 0 Å². The summed E-state index contributed by atoms with van der Waals surface area (Å²) in [5.74, 6) is 0. The first-order valence-electron chi connectivity index (χ1n) is 16.6. The molecular weight excluding hydrogens is 581 g/mol. The van der Waals surface area contributed by atoms with Crippen molar-refractivity contribution in [2.24, 2.45) is 0 Å². The van der Waals surface area contributed by atoms with Crippen LogP contribution in [-0.4, -0.2) is 4.98 Å². The van der Waals surface area contributed by atoms with Crippen LogP contribution in [0, 0.1) is 0 Å². The molecule has 2 nitrogen and oxygen atoms in total. The smallest absolute Gasteiger partial charge is 0.0462 e. The summed E-state index contributed by atoms with van der Waals surface area (Å²) in [5, 5.41) is 1.28. The van der Waals surface area contributed by atoms with Gasteiger partial charge in [0.05, 0.1) is 0 Å². The zero-order chi connectivity index (χ0) is 34.9. The van der Waals surface area contributed by atoms with Gasteiger partial charge in [0, 0.05) is 27.8 Å². The van der Waals surface area contributed by atoms with E-state index >= 15 is 0 Å². The van der Waals surface area contributed by atoms with Crippen molar-refractivity contribution in [3.63, 3.8) is 0 Å². The van der Waals surface area contributed by atoms with E-state index in [9.17, 15) is 0 Å². The number of H-pyrrole nitrogens is 1. The molecule has 0 spiro atoms. The van der Waals surface area contributed by atoms with E-state index in [4.69, 9.17) is 5.73 Å². The Balaban J connectivity index is 0.000000262. The van der Waals surface area contributed by atoms with Crippen molar-refractivity contribution < 1.29 is 0 Å². The monoisotopic (exact) mass is 630 g/mol. The largest absolute Gasteiger partial charge is 0.399 e. The van der Waals surface area contributed by atoms with Crippen molar-refractivity contribution in [1.82, 2.24) is 4.98 Å². The lowest BCUT2D eigenvalue weighted by molar-refractivity contribution is 0.951. The van der Waals surface area contributed by atoms with Gasteiger partial charge in [-0.1, -0.05) is 143 Å². The third-order valence-electron chi connectivity index (χ3n) is 7.70. The molecule has 0 saturated carbocycles. The number of aromatic nitrogens is 1. The van der Waals surface area contributed by atoms with Crippen molar-refractivity contribution in [3.05, 3.63) is 193 Å². The van der Waals surface area contributed by atoms with Crippen LogP contribution in [0.4, 0.5) is 5.69 Å². The van der Waals surface area contributed by atoms with Gasteiger partial charge in [-0.05, 0) is 108 Å². The van der Waals surface area contributed by atoms with E-state index in [1.54, 1.807) is 6.08 Å². The van der Waals surface area contributed by atoms with E-state index in [2.05, 4.69) is 98.1 Å². The highest BCUT2D eigenvalue weighted by Crippen LogP contribution is 2.32. The second kappa shape index (κ2) is 19.2. The number of fused-ring (bicyclic) bond motifs is 3. The average Bonchev–Trinajstić information content (AvgIpc) is 3.49. The number of hydrogen-bond acceptors (Lipinski definition) is 1. The summed E-state index contributed by atoms with van der Waals surface area (Å²) >= 11 is 0. The highest BCUT2D eigenvalue weighted by Gasteiger charge is 2.13. The van der Waals surface area contributed by atoms with Crippen molar-refractivity contribution in [3.8, 4) is 11.1 Å². The third-order valence-corrected chi connectivity index (χ3v) is 7.70. The lowest BCUT2D eigenvalue weighted by atomic mass is 9.96. The lowest BCUT2D eigenvalue weighted by Crippen LogP contribution is -1.90. The summed E-state index contributed by atoms with van der Waals surface area (Å²) in [7, 11) is 0. The first-order chi connectivity index (χ1) is 23.4. The fourth-order valence-electron chi connectivity index (χ4n) is 5.37. The molecule has 48 heavy (non-hydrogen) atoms. The highest BCUT2D eigenvalue weighted by molar-refractivity contribution is 5.94. The van der Waals surface area contributed by atoms with Gasteiger partial charge in [-0.25, -0.2) is 0 Å². The number of nitrogens with two attached hydrogens (primary N) is 1. The minimum atomic E-state index is 0.744. The van der Waals surface area contributed by atoms with Gasteiger partial charge in [-0.15, -0.1) is 0 Å². The standard InChI is InChI=1S/C26H27N.C18H17N.C2H6/c1-5-7-8-12-19(3)20(4)17-21(11-6-2)22-15-16-26-24(18-22)23-13-9-10-14-25(23)27-26;1-3-8-14(4-2)16-11-17(13-18(19)12-16)15-9-6-5-7-10-15;1-2/h5-9,11-13,15-18,27H,3-4,10,14H2,1-2H3;3-13H,1-2,19H2;1-2H3/b7-5-,11-6-,12-8-,21-17+;14-8+;. The van der Waals surface area contributed by atoms with E-state index in [0.717, 1.165) is 57.5 Å². The Morgan fingerprint density at radius 1 is 0.792 bits per heavy atom. The van der Waals surface area contributed by atoms with Crippen molar-refractivity contribution in [2.45, 2.75) is 40.5 Å². The predicted molar refractivity (Wildman–Crippen MR) is 217 cm³/mol. The van der Waals surface area contributed by atoms with Gasteiger partial charge in [0.1, 0.15) is 0 Å². The summed E-state index contributed by atoms with van der Waals surface area (Å²) < 4.78 is 0. The van der Waals surface area contributed by atoms with Crippen molar-refractivity contribution in [1.29, 1.82) is 0 Å². The molecule has 0 bridgehead atoms. The van der Waals surface area contributed by atoms with E-state index in [0.29, 0.717) is 0 Å². The predicted octanol–water partition coefficient (Wildman–Crippen LogP) is 13.0. The Kier molecular flexibility index (Phi) is 14.7. The summed E-state index contributed by atoms with van der Waals surface area (Å²) in [6.45, 7) is 23.9. The molecule has 3 aromatic carbocycles. The molecule has 0 atom stereocenters. The summed E-state index contributed by atoms with van der Waals surface area (Å²) in [5.41, 5.74) is 19.1. The number of rotatable bonds is 10. The van der Waals surface area contributed by atoms with Gasteiger partial charge >= 0.3 is 0 Å². The maximum absolute atomic E-state index is 6.00. The molecule has 2 heteroatoms. The first-order valence-corrected chi connectivity index (χ1v) is 16.6. The summed E-state index contributed by atoms with van der Waals surface area (Å²) in [6, 6.07) is 22.9. The van der Waals surface area contributed by atoms with Crippen LogP contribution in [0.3, 0.4) is 0 Å². The molecule has 1 aromatic heterocycles. The molecule has 1 aliphatic carbocycles. The number of nitrogens with one attached hydrogen (secondary N) is 1. The van der Waals surface area contributed by atoms with Crippen molar-refractivity contribution >= 4 is 33.8 Å². The lowest BCUT2D eigenvalue weighted by Gasteiger charge is -2.08. The second-order valence-electron chi connectivity index (χ2n) is 11.0. The van der Waals surface area contributed by atoms with Crippen LogP contribution >= 0.6 is 0 Å². The van der Waals surface area contributed by atoms with Gasteiger partial charge in [0.15, 0.2) is 0 Å². The third kappa shape index (κ3) is 9.95. The molecule has 244 valence electrons. The number of aryl methyl sites for hydroxylation is 1. The van der Waals surface area contributed by atoms with E-state index in [1.165, 1.54) is 27.7 Å². The van der Waals surface area contributed by atoms with Gasteiger partial charge < -0.3 is 10.7 Å². The number of allylic oxidation sites excluding steroid dienone is 15. The Bertz CT molecular complexity index is 1910. The van der Waals surface area contributed by atoms with Crippen LogP contribution in [0.1, 0.15) is 56.5 Å². The average molecular weight is 631 g/mol. The number of hydrogen-bond donors (Lipinski definition) is 2. The van der Waals surface area contributed by atoms with Crippen LogP contribution < -0.4 is 5.73 Å². The zero-order valence-electron chi connectivity index (χ0n) is 29.1. The Morgan fingerprint density at radius 2 is 1.56 bits per heavy atom. The fraction of sp³-hybridized carbons (Fsp3) is 0.130. The molecule has 0 saturated heterocycles. The van der Waals surface area contributed by atoms with Crippen molar-refractivity contribution in [2.75, 3.05) is 5.73 Å². The van der Waals surface area contributed by atoms with E-state index < -0.39 is 0 Å². The Hall–Kier alpha value is -5.60. The second-order valence-corrected chi connectivity index (χ2v) is 11.0. The molecule has 0 aliphatic heterocycles. The first kappa shape index (κ1) is 36.9. The zero-order valence-corrected chi connectivity index (χ0v) is 29.1. The normalized spacial score (nSPS) is 12.8. The molecule has 1 aliphatic rings.